The van der Waals surface area contributed by atoms with Gasteiger partial charge < -0.3 is 0 Å². The second-order valence-corrected chi connectivity index (χ2v) is 7.68. The number of fused-ring (bicyclic) bond motifs is 1. The van der Waals surface area contributed by atoms with Crippen LogP contribution in [-0.4, -0.2) is 34.0 Å². The quantitative estimate of drug-likeness (QED) is 0.465. The van der Waals surface area contributed by atoms with E-state index in [1.807, 2.05) is 42.5 Å². The lowest BCUT2D eigenvalue weighted by molar-refractivity contribution is -0.384. The second-order valence-electron chi connectivity index (χ2n) is 6.74. The van der Waals surface area contributed by atoms with E-state index in [4.69, 9.17) is 0 Å². The minimum atomic E-state index is -0.411. The third-order valence-electron chi connectivity index (χ3n) is 4.84. The number of nitro groups is 1. The normalized spacial score (nSPS) is 13.5. The highest BCUT2D eigenvalue weighted by Gasteiger charge is 2.24. The number of nitrogens with zero attached hydrogens (tertiary/aromatic N) is 3. The van der Waals surface area contributed by atoms with Gasteiger partial charge in [0.05, 0.1) is 17.9 Å². The molecule has 4 rings (SSSR count). The zero-order chi connectivity index (χ0) is 20.2. The first kappa shape index (κ1) is 19.1. The van der Waals surface area contributed by atoms with Crippen LogP contribution in [0.1, 0.15) is 11.1 Å². The van der Waals surface area contributed by atoms with Gasteiger partial charge >= 0.3 is 0 Å². The Morgan fingerprint density at radius 1 is 1.07 bits per heavy atom. The van der Waals surface area contributed by atoms with Gasteiger partial charge in [0.2, 0.25) is 5.91 Å². The number of carbonyl (C=O) groups is 1. The van der Waals surface area contributed by atoms with Crippen molar-refractivity contribution in [2.24, 2.45) is 4.99 Å². The zero-order valence-electron chi connectivity index (χ0n) is 15.7. The van der Waals surface area contributed by atoms with Crippen LogP contribution in [0.5, 0.6) is 0 Å². The molecule has 0 radical (unpaired) electrons. The minimum Gasteiger partial charge on any atom is -0.289 e. The van der Waals surface area contributed by atoms with Crippen molar-refractivity contribution in [1.82, 2.24) is 4.90 Å². The fourth-order valence-corrected chi connectivity index (χ4v) is 4.37. The van der Waals surface area contributed by atoms with E-state index in [1.54, 1.807) is 17.0 Å². The standard InChI is InChI=1S/C22H19N3O3S/c26-21(14-18-6-3-5-17-4-1-2-7-20(17)18)24-13-12-23-22(24)29-15-16-8-10-19(11-9-16)25(27)28/h1-11H,12-15H2. The molecule has 1 amide bonds. The zero-order valence-corrected chi connectivity index (χ0v) is 16.5. The summed E-state index contributed by atoms with van der Waals surface area (Å²) >= 11 is 1.49. The van der Waals surface area contributed by atoms with Crippen LogP contribution >= 0.6 is 11.8 Å². The molecule has 7 heteroatoms. The van der Waals surface area contributed by atoms with Crippen LogP contribution in [0.2, 0.25) is 0 Å². The van der Waals surface area contributed by atoms with E-state index in [1.165, 1.54) is 23.9 Å². The number of carbonyl (C=O) groups excluding carboxylic acids is 1. The maximum Gasteiger partial charge on any atom is 0.269 e. The van der Waals surface area contributed by atoms with Crippen molar-refractivity contribution in [2.45, 2.75) is 12.2 Å². The molecule has 146 valence electrons. The van der Waals surface area contributed by atoms with E-state index in [0.717, 1.165) is 21.9 Å². The van der Waals surface area contributed by atoms with Crippen LogP contribution in [0.4, 0.5) is 5.69 Å². The number of non-ortho nitro benzene ring substituents is 1. The highest BCUT2D eigenvalue weighted by atomic mass is 32.2. The molecular formula is C22H19N3O3S. The highest BCUT2D eigenvalue weighted by molar-refractivity contribution is 8.13. The smallest absolute Gasteiger partial charge is 0.269 e. The van der Waals surface area contributed by atoms with Crippen molar-refractivity contribution in [2.75, 3.05) is 13.1 Å². The Morgan fingerprint density at radius 2 is 1.83 bits per heavy atom. The minimum absolute atomic E-state index is 0.0359. The number of nitro benzene ring substituents is 1. The Morgan fingerprint density at radius 3 is 2.62 bits per heavy atom. The third kappa shape index (κ3) is 4.30. The van der Waals surface area contributed by atoms with Gasteiger partial charge in [-0.05, 0) is 21.9 Å². The Hall–Kier alpha value is -3.19. The summed E-state index contributed by atoms with van der Waals surface area (Å²) in [5.41, 5.74) is 2.04. The number of hydrogen-bond donors (Lipinski definition) is 0. The summed E-state index contributed by atoms with van der Waals surface area (Å²) in [5, 5.41) is 13.7. The highest BCUT2D eigenvalue weighted by Crippen LogP contribution is 2.24. The molecule has 0 unspecified atom stereocenters. The summed E-state index contributed by atoms with van der Waals surface area (Å²) in [6, 6.07) is 20.6. The fourth-order valence-electron chi connectivity index (χ4n) is 3.35. The second kappa shape index (κ2) is 8.45. The van der Waals surface area contributed by atoms with Gasteiger partial charge in [-0.1, -0.05) is 66.4 Å². The van der Waals surface area contributed by atoms with Gasteiger partial charge in [-0.3, -0.25) is 24.8 Å². The molecule has 0 aliphatic carbocycles. The first-order chi connectivity index (χ1) is 14.1. The van der Waals surface area contributed by atoms with Gasteiger partial charge in [-0.2, -0.15) is 0 Å². The molecule has 29 heavy (non-hydrogen) atoms. The SMILES string of the molecule is O=C(Cc1cccc2ccccc12)N1CCN=C1SCc1ccc([N+](=O)[O-])cc1. The van der Waals surface area contributed by atoms with Gasteiger partial charge in [0, 0.05) is 24.4 Å². The van der Waals surface area contributed by atoms with Gasteiger partial charge in [0.1, 0.15) is 0 Å². The molecule has 3 aromatic carbocycles. The maximum absolute atomic E-state index is 13.0. The molecule has 6 nitrogen and oxygen atoms in total. The van der Waals surface area contributed by atoms with Crippen LogP contribution < -0.4 is 0 Å². The summed E-state index contributed by atoms with van der Waals surface area (Å²) in [6.45, 7) is 1.19. The summed E-state index contributed by atoms with van der Waals surface area (Å²) in [5.74, 6) is 0.642. The number of hydrogen-bond acceptors (Lipinski definition) is 5. The number of amidine groups is 1. The van der Waals surface area contributed by atoms with Gasteiger partial charge in [0.25, 0.3) is 5.69 Å². The lowest BCUT2D eigenvalue weighted by atomic mass is 10.0. The Kier molecular flexibility index (Phi) is 5.57. The maximum atomic E-state index is 13.0. The topological polar surface area (TPSA) is 75.8 Å². The summed E-state index contributed by atoms with van der Waals surface area (Å²) in [6.07, 6.45) is 0.332. The molecule has 0 spiro atoms. The molecule has 0 bridgehead atoms. The fraction of sp³-hybridized carbons (Fsp3) is 0.182. The molecule has 0 fully saturated rings. The van der Waals surface area contributed by atoms with E-state index < -0.39 is 4.92 Å². The molecule has 1 heterocycles. The molecule has 0 atom stereocenters. The van der Waals surface area contributed by atoms with E-state index in [-0.39, 0.29) is 11.6 Å². The van der Waals surface area contributed by atoms with Crippen molar-refractivity contribution in [3.8, 4) is 0 Å². The van der Waals surface area contributed by atoms with Crippen LogP contribution in [0.15, 0.2) is 71.7 Å². The van der Waals surface area contributed by atoms with Crippen molar-refractivity contribution in [3.05, 3.63) is 88.0 Å². The molecule has 0 aromatic heterocycles. The number of amides is 1. The van der Waals surface area contributed by atoms with Crippen molar-refractivity contribution in [1.29, 1.82) is 0 Å². The van der Waals surface area contributed by atoms with E-state index >= 15 is 0 Å². The lowest BCUT2D eigenvalue weighted by Gasteiger charge is -2.18. The number of aliphatic imine (C=N–C) groups is 1. The summed E-state index contributed by atoms with van der Waals surface area (Å²) in [7, 11) is 0. The Bertz CT molecular complexity index is 1090. The largest absolute Gasteiger partial charge is 0.289 e. The number of benzene rings is 3. The predicted molar refractivity (Wildman–Crippen MR) is 116 cm³/mol. The molecule has 1 aliphatic heterocycles. The average molecular weight is 405 g/mol. The van der Waals surface area contributed by atoms with Gasteiger partial charge in [-0.15, -0.1) is 0 Å². The summed E-state index contributed by atoms with van der Waals surface area (Å²) in [4.78, 5) is 29.5. The first-order valence-electron chi connectivity index (χ1n) is 9.29. The summed E-state index contributed by atoms with van der Waals surface area (Å²) < 4.78 is 0. The van der Waals surface area contributed by atoms with E-state index in [2.05, 4.69) is 4.99 Å². The first-order valence-corrected chi connectivity index (χ1v) is 10.3. The monoisotopic (exact) mass is 405 g/mol. The van der Waals surface area contributed by atoms with Gasteiger partial charge in [-0.25, -0.2) is 0 Å². The van der Waals surface area contributed by atoms with Crippen LogP contribution in [0.25, 0.3) is 10.8 Å². The molecular weight excluding hydrogens is 386 g/mol. The van der Waals surface area contributed by atoms with Crippen LogP contribution in [0, 0.1) is 10.1 Å². The van der Waals surface area contributed by atoms with Crippen molar-refractivity contribution in [3.63, 3.8) is 0 Å². The molecule has 3 aromatic rings. The number of rotatable bonds is 5. The molecule has 1 aliphatic rings. The van der Waals surface area contributed by atoms with Crippen LogP contribution in [-0.2, 0) is 17.0 Å². The van der Waals surface area contributed by atoms with E-state index in [0.29, 0.717) is 30.4 Å². The average Bonchev–Trinajstić information content (AvgIpc) is 3.21. The predicted octanol–water partition coefficient (Wildman–Crippen LogP) is 4.42. The molecule has 0 saturated carbocycles. The van der Waals surface area contributed by atoms with Crippen molar-refractivity contribution < 1.29 is 9.72 Å². The Balaban J connectivity index is 1.42. The lowest BCUT2D eigenvalue weighted by Crippen LogP contribution is -2.34. The Labute approximate surface area is 172 Å². The third-order valence-corrected chi connectivity index (χ3v) is 5.92. The van der Waals surface area contributed by atoms with Crippen molar-refractivity contribution >= 4 is 39.3 Å². The van der Waals surface area contributed by atoms with E-state index in [9.17, 15) is 14.9 Å². The van der Waals surface area contributed by atoms with Gasteiger partial charge in [0.15, 0.2) is 5.17 Å². The molecule has 0 N–H and O–H groups in total. The number of thioether (sulfide) groups is 1. The van der Waals surface area contributed by atoms with Crippen LogP contribution in [0.3, 0.4) is 0 Å². The molecule has 0 saturated heterocycles.